The second-order valence-corrected chi connectivity index (χ2v) is 7.61. The van der Waals surface area contributed by atoms with Gasteiger partial charge in [-0.2, -0.15) is 11.8 Å². The van der Waals surface area contributed by atoms with Crippen molar-refractivity contribution in [3.63, 3.8) is 0 Å². The topological polar surface area (TPSA) is 46.3 Å². The number of carbonyl (C=O) groups is 1. The third-order valence-electron chi connectivity index (χ3n) is 4.88. The molecule has 1 fully saturated rings. The van der Waals surface area contributed by atoms with Gasteiger partial charge in [0.25, 0.3) is 5.91 Å². The number of hydrogen-bond acceptors (Lipinski definition) is 4. The van der Waals surface area contributed by atoms with Crippen molar-refractivity contribution >= 4 is 28.8 Å². The third kappa shape index (κ3) is 3.49. The lowest BCUT2D eigenvalue weighted by molar-refractivity contribution is 0.0699. The number of benzene rings is 2. The molecule has 1 unspecified atom stereocenters. The lowest BCUT2D eigenvalue weighted by atomic mass is 9.97. The highest BCUT2D eigenvalue weighted by Crippen LogP contribution is 2.29. The molecule has 1 aromatic heterocycles. The molecule has 4 rings (SSSR count). The first-order valence-corrected chi connectivity index (χ1v) is 10.4. The number of para-hydroxylation sites is 2. The molecule has 1 aliphatic rings. The highest BCUT2D eigenvalue weighted by atomic mass is 32.2. The Morgan fingerprint density at radius 3 is 2.81 bits per heavy atom. The summed E-state index contributed by atoms with van der Waals surface area (Å²) < 4.78 is 5.93. The Morgan fingerprint density at radius 2 is 2.04 bits per heavy atom. The highest BCUT2D eigenvalue weighted by Gasteiger charge is 2.28. The number of amides is 1. The number of fused-ring (bicyclic) bond motifs is 1. The zero-order chi connectivity index (χ0) is 17.9. The number of aromatic nitrogens is 1. The molecule has 3 aromatic rings. The second-order valence-electron chi connectivity index (χ2n) is 6.74. The average molecular weight is 366 g/mol. The Morgan fingerprint density at radius 1 is 1.23 bits per heavy atom. The first-order chi connectivity index (χ1) is 12.7. The molecule has 0 aliphatic carbocycles. The van der Waals surface area contributed by atoms with Gasteiger partial charge >= 0.3 is 0 Å². The average Bonchev–Trinajstić information content (AvgIpc) is 3.13. The van der Waals surface area contributed by atoms with E-state index in [0.29, 0.717) is 6.54 Å². The van der Waals surface area contributed by atoms with Crippen LogP contribution in [0.1, 0.15) is 40.6 Å². The fourth-order valence-corrected chi connectivity index (χ4v) is 4.05. The maximum Gasteiger partial charge on any atom is 0.253 e. The van der Waals surface area contributed by atoms with Crippen LogP contribution in [-0.4, -0.2) is 35.1 Å². The summed E-state index contributed by atoms with van der Waals surface area (Å²) in [6.07, 6.45) is 4.06. The van der Waals surface area contributed by atoms with Crippen LogP contribution < -0.4 is 0 Å². The summed E-state index contributed by atoms with van der Waals surface area (Å²) in [6, 6.07) is 15.8. The van der Waals surface area contributed by atoms with Crippen molar-refractivity contribution in [1.82, 2.24) is 9.88 Å². The molecule has 2 aromatic carbocycles. The molecule has 2 heterocycles. The molecule has 1 amide bonds. The first-order valence-electron chi connectivity index (χ1n) is 8.97. The molecule has 1 atom stereocenters. The number of nitrogens with zero attached hydrogens (tertiary/aromatic N) is 2. The molecule has 26 heavy (non-hydrogen) atoms. The predicted molar refractivity (Wildman–Crippen MR) is 106 cm³/mol. The summed E-state index contributed by atoms with van der Waals surface area (Å²) in [7, 11) is 0. The van der Waals surface area contributed by atoms with Crippen molar-refractivity contribution in [2.75, 3.05) is 19.3 Å². The Bertz CT molecular complexity index is 871. The Kier molecular flexibility index (Phi) is 4.98. The molecule has 0 radical (unpaired) electrons. The van der Waals surface area contributed by atoms with Gasteiger partial charge in [-0.1, -0.05) is 24.3 Å². The molecular weight excluding hydrogens is 344 g/mol. The summed E-state index contributed by atoms with van der Waals surface area (Å²) >= 11 is 1.78. The van der Waals surface area contributed by atoms with E-state index in [4.69, 9.17) is 4.42 Å². The van der Waals surface area contributed by atoms with Gasteiger partial charge in [-0.05, 0) is 48.9 Å². The van der Waals surface area contributed by atoms with Gasteiger partial charge in [0.1, 0.15) is 5.52 Å². The van der Waals surface area contributed by atoms with E-state index in [2.05, 4.69) is 11.2 Å². The van der Waals surface area contributed by atoms with Crippen LogP contribution in [0, 0.1) is 0 Å². The van der Waals surface area contributed by atoms with Gasteiger partial charge in [-0.25, -0.2) is 4.98 Å². The molecule has 0 spiro atoms. The van der Waals surface area contributed by atoms with Gasteiger partial charge in [0.15, 0.2) is 11.5 Å². The standard InChI is InChI=1S/C21H22N2O2S/c1-26-14-15-8-10-16(11-9-15)21(24)23-12-4-5-17(13-23)20-22-18-6-2-3-7-19(18)25-20/h2-3,6-11,17H,4-5,12-14H2,1H3. The Balaban J connectivity index is 1.49. The number of piperidine rings is 1. The quantitative estimate of drug-likeness (QED) is 0.671. The van der Waals surface area contributed by atoms with Crippen LogP contribution in [-0.2, 0) is 5.75 Å². The third-order valence-corrected chi connectivity index (χ3v) is 5.50. The largest absolute Gasteiger partial charge is 0.440 e. The number of carbonyl (C=O) groups excluding carboxylic acids is 1. The van der Waals surface area contributed by atoms with Crippen molar-refractivity contribution < 1.29 is 9.21 Å². The van der Waals surface area contributed by atoms with E-state index in [1.807, 2.05) is 53.4 Å². The molecule has 4 nitrogen and oxygen atoms in total. The van der Waals surface area contributed by atoms with Gasteiger partial charge in [0, 0.05) is 24.4 Å². The predicted octanol–water partition coefficient (Wildman–Crippen LogP) is 4.71. The van der Waals surface area contributed by atoms with Crippen LogP contribution in [0.5, 0.6) is 0 Å². The fraction of sp³-hybridized carbons (Fsp3) is 0.333. The van der Waals surface area contributed by atoms with Crippen molar-refractivity contribution in [2.45, 2.75) is 24.5 Å². The number of hydrogen-bond donors (Lipinski definition) is 0. The number of rotatable bonds is 4. The van der Waals surface area contributed by atoms with E-state index in [-0.39, 0.29) is 11.8 Å². The number of oxazole rings is 1. The van der Waals surface area contributed by atoms with Crippen LogP contribution in [0.2, 0.25) is 0 Å². The van der Waals surface area contributed by atoms with E-state index in [1.165, 1.54) is 5.56 Å². The van der Waals surface area contributed by atoms with Gasteiger partial charge in [-0.3, -0.25) is 4.79 Å². The van der Waals surface area contributed by atoms with Crippen molar-refractivity contribution in [3.05, 3.63) is 65.5 Å². The second kappa shape index (κ2) is 7.54. The van der Waals surface area contributed by atoms with Crippen LogP contribution >= 0.6 is 11.8 Å². The van der Waals surface area contributed by atoms with Crippen molar-refractivity contribution in [1.29, 1.82) is 0 Å². The van der Waals surface area contributed by atoms with E-state index >= 15 is 0 Å². The van der Waals surface area contributed by atoms with Gasteiger partial charge in [0.2, 0.25) is 0 Å². The molecule has 1 aliphatic heterocycles. The van der Waals surface area contributed by atoms with Gasteiger partial charge < -0.3 is 9.32 Å². The van der Waals surface area contributed by atoms with Crippen LogP contribution in [0.15, 0.2) is 52.9 Å². The Hall–Kier alpha value is -2.27. The smallest absolute Gasteiger partial charge is 0.253 e. The zero-order valence-electron chi connectivity index (χ0n) is 14.9. The number of thioether (sulfide) groups is 1. The van der Waals surface area contributed by atoms with Crippen LogP contribution in [0.25, 0.3) is 11.1 Å². The number of likely N-dealkylation sites (tertiary alicyclic amines) is 1. The summed E-state index contributed by atoms with van der Waals surface area (Å²) in [5.74, 6) is 1.98. The van der Waals surface area contributed by atoms with E-state index in [0.717, 1.165) is 47.7 Å². The minimum absolute atomic E-state index is 0.0986. The maximum atomic E-state index is 12.9. The van der Waals surface area contributed by atoms with Crippen molar-refractivity contribution in [2.24, 2.45) is 0 Å². The lowest BCUT2D eigenvalue weighted by Gasteiger charge is -2.31. The molecule has 0 bridgehead atoms. The minimum Gasteiger partial charge on any atom is -0.440 e. The highest BCUT2D eigenvalue weighted by molar-refractivity contribution is 7.97. The fourth-order valence-electron chi connectivity index (χ4n) is 3.52. The maximum absolute atomic E-state index is 12.9. The molecule has 0 N–H and O–H groups in total. The SMILES string of the molecule is CSCc1ccc(C(=O)N2CCCC(c3nc4ccccc4o3)C2)cc1. The van der Waals surface area contributed by atoms with E-state index in [9.17, 15) is 4.79 Å². The molecule has 1 saturated heterocycles. The summed E-state index contributed by atoms with van der Waals surface area (Å²) in [5, 5.41) is 0. The molecule has 0 saturated carbocycles. The van der Waals surface area contributed by atoms with E-state index < -0.39 is 0 Å². The zero-order valence-corrected chi connectivity index (χ0v) is 15.7. The molecular formula is C21H22N2O2S. The minimum atomic E-state index is 0.0986. The lowest BCUT2D eigenvalue weighted by Crippen LogP contribution is -2.39. The molecule has 134 valence electrons. The summed E-state index contributed by atoms with van der Waals surface area (Å²) in [6.45, 7) is 1.46. The molecule has 5 heteroatoms. The Labute approximate surface area is 157 Å². The van der Waals surface area contributed by atoms with Gasteiger partial charge in [-0.15, -0.1) is 0 Å². The summed E-state index contributed by atoms with van der Waals surface area (Å²) in [4.78, 5) is 19.5. The van der Waals surface area contributed by atoms with Crippen LogP contribution in [0.3, 0.4) is 0 Å². The monoisotopic (exact) mass is 366 g/mol. The van der Waals surface area contributed by atoms with E-state index in [1.54, 1.807) is 11.8 Å². The normalized spacial score (nSPS) is 17.6. The van der Waals surface area contributed by atoms with Gasteiger partial charge in [0.05, 0.1) is 5.92 Å². The van der Waals surface area contributed by atoms with Crippen molar-refractivity contribution in [3.8, 4) is 0 Å². The summed E-state index contributed by atoms with van der Waals surface area (Å²) in [5.41, 5.74) is 3.70. The first kappa shape index (κ1) is 17.2. The van der Waals surface area contributed by atoms with Crippen LogP contribution in [0.4, 0.5) is 0 Å².